The van der Waals surface area contributed by atoms with Gasteiger partial charge in [0, 0.05) is 19.2 Å². The molecular formula is C12H15N5O3. The fourth-order valence-electron chi connectivity index (χ4n) is 1.81. The Labute approximate surface area is 114 Å². The van der Waals surface area contributed by atoms with Gasteiger partial charge < -0.3 is 15.2 Å². The number of hydrogen-bond donors (Lipinski definition) is 2. The van der Waals surface area contributed by atoms with Crippen LogP contribution in [0.4, 0.5) is 11.4 Å². The molecular weight excluding hydrogens is 262 g/mol. The number of likely N-dealkylation sites (N-methyl/N-ethyl adjacent to an activating group) is 1. The molecule has 0 amide bonds. The molecule has 2 rings (SSSR count). The maximum Gasteiger partial charge on any atom is 0.293 e. The van der Waals surface area contributed by atoms with Crippen molar-refractivity contribution in [1.29, 1.82) is 0 Å². The predicted octanol–water partition coefficient (Wildman–Crippen LogP) is 0.805. The topological polar surface area (TPSA) is 104 Å². The first kappa shape index (κ1) is 13.9. The summed E-state index contributed by atoms with van der Waals surface area (Å²) in [5.41, 5.74) is 0.266. The van der Waals surface area contributed by atoms with Gasteiger partial charge in [0.05, 0.1) is 22.2 Å². The van der Waals surface area contributed by atoms with Crippen LogP contribution in [0.2, 0.25) is 0 Å². The second-order valence-electron chi connectivity index (χ2n) is 4.61. The predicted molar refractivity (Wildman–Crippen MR) is 76.1 cm³/mol. The molecule has 0 radical (unpaired) electrons. The lowest BCUT2D eigenvalue weighted by Crippen LogP contribution is -2.21. The molecule has 0 aliphatic heterocycles. The zero-order valence-corrected chi connectivity index (χ0v) is 11.2. The van der Waals surface area contributed by atoms with Crippen molar-refractivity contribution < 1.29 is 4.92 Å². The molecule has 8 heteroatoms. The minimum atomic E-state index is -0.510. The average molecular weight is 277 g/mol. The molecule has 0 bridgehead atoms. The van der Waals surface area contributed by atoms with Crippen molar-refractivity contribution in [1.82, 2.24) is 14.9 Å². The summed E-state index contributed by atoms with van der Waals surface area (Å²) in [5, 5.41) is 14.3. The number of aromatic nitrogens is 2. The van der Waals surface area contributed by atoms with Gasteiger partial charge in [-0.05, 0) is 20.2 Å². The maximum absolute atomic E-state index is 11.6. The largest absolute Gasteiger partial charge is 0.378 e. The number of aromatic amines is 1. The van der Waals surface area contributed by atoms with Crippen LogP contribution in [0.15, 0.2) is 23.3 Å². The summed E-state index contributed by atoms with van der Waals surface area (Å²) < 4.78 is 0. The lowest BCUT2D eigenvalue weighted by atomic mass is 10.2. The quantitative estimate of drug-likeness (QED) is 0.619. The van der Waals surface area contributed by atoms with Crippen molar-refractivity contribution in [2.24, 2.45) is 0 Å². The van der Waals surface area contributed by atoms with E-state index in [1.165, 1.54) is 18.5 Å². The molecule has 1 heterocycles. The highest BCUT2D eigenvalue weighted by atomic mass is 16.6. The number of nitrogens with zero attached hydrogens (tertiary/aromatic N) is 3. The lowest BCUT2D eigenvalue weighted by molar-refractivity contribution is -0.383. The molecule has 2 aromatic rings. The molecule has 0 aliphatic rings. The maximum atomic E-state index is 11.6. The molecule has 1 aromatic carbocycles. The number of rotatable bonds is 5. The lowest BCUT2D eigenvalue weighted by Gasteiger charge is -2.11. The van der Waals surface area contributed by atoms with Crippen molar-refractivity contribution in [3.05, 3.63) is 38.9 Å². The molecule has 106 valence electrons. The van der Waals surface area contributed by atoms with Crippen LogP contribution in [0.5, 0.6) is 0 Å². The molecule has 0 spiro atoms. The van der Waals surface area contributed by atoms with Gasteiger partial charge in [-0.25, -0.2) is 4.98 Å². The second-order valence-corrected chi connectivity index (χ2v) is 4.61. The van der Waals surface area contributed by atoms with Gasteiger partial charge in [-0.3, -0.25) is 14.9 Å². The summed E-state index contributed by atoms with van der Waals surface area (Å²) in [6, 6.07) is 2.78. The average Bonchev–Trinajstić information content (AvgIpc) is 2.37. The van der Waals surface area contributed by atoms with Crippen molar-refractivity contribution in [2.75, 3.05) is 32.5 Å². The second kappa shape index (κ2) is 5.66. The molecule has 0 atom stereocenters. The van der Waals surface area contributed by atoms with Crippen molar-refractivity contribution in [2.45, 2.75) is 0 Å². The zero-order valence-electron chi connectivity index (χ0n) is 11.2. The molecule has 0 aliphatic carbocycles. The van der Waals surface area contributed by atoms with Crippen LogP contribution >= 0.6 is 0 Å². The Bertz CT molecular complexity index is 695. The Morgan fingerprint density at radius 1 is 1.45 bits per heavy atom. The van der Waals surface area contributed by atoms with E-state index < -0.39 is 10.5 Å². The standard InChI is InChI=1S/C12H15N5O3/c1-16(2)4-3-13-10-6-9-8(5-11(10)17(19)20)12(18)15-7-14-9/h5-7,13H,3-4H2,1-2H3,(H,14,15,18). The van der Waals surface area contributed by atoms with Crippen LogP contribution < -0.4 is 10.9 Å². The number of benzene rings is 1. The van der Waals surface area contributed by atoms with Gasteiger partial charge in [0.15, 0.2) is 0 Å². The summed E-state index contributed by atoms with van der Waals surface area (Å²) in [5.74, 6) is 0. The van der Waals surface area contributed by atoms with Crippen molar-refractivity contribution >= 4 is 22.3 Å². The van der Waals surface area contributed by atoms with E-state index in [1.807, 2.05) is 19.0 Å². The van der Waals surface area contributed by atoms with Gasteiger partial charge in [-0.15, -0.1) is 0 Å². The molecule has 2 N–H and O–H groups in total. The summed E-state index contributed by atoms with van der Waals surface area (Å²) in [7, 11) is 3.83. The molecule has 0 saturated heterocycles. The van der Waals surface area contributed by atoms with Gasteiger partial charge in [-0.1, -0.05) is 0 Å². The van der Waals surface area contributed by atoms with E-state index in [4.69, 9.17) is 0 Å². The van der Waals surface area contributed by atoms with Crippen LogP contribution in [-0.4, -0.2) is 47.0 Å². The molecule has 1 aromatic heterocycles. The minimum absolute atomic E-state index is 0.130. The van der Waals surface area contributed by atoms with E-state index in [9.17, 15) is 14.9 Å². The summed E-state index contributed by atoms with van der Waals surface area (Å²) in [6.07, 6.45) is 1.28. The van der Waals surface area contributed by atoms with Crippen LogP contribution in [0, 0.1) is 10.1 Å². The normalized spacial score (nSPS) is 10.9. The van der Waals surface area contributed by atoms with Crippen LogP contribution in [0.25, 0.3) is 10.9 Å². The smallest absolute Gasteiger partial charge is 0.293 e. The first-order valence-corrected chi connectivity index (χ1v) is 6.03. The number of fused-ring (bicyclic) bond motifs is 1. The summed E-state index contributed by atoms with van der Waals surface area (Å²) in [6.45, 7) is 1.29. The Kier molecular flexibility index (Phi) is 3.94. The fraction of sp³-hybridized carbons (Fsp3) is 0.333. The van der Waals surface area contributed by atoms with E-state index in [0.29, 0.717) is 17.7 Å². The first-order chi connectivity index (χ1) is 9.49. The highest BCUT2D eigenvalue weighted by Gasteiger charge is 2.16. The van der Waals surface area contributed by atoms with E-state index in [0.717, 1.165) is 6.54 Å². The third-order valence-electron chi connectivity index (χ3n) is 2.83. The Hall–Kier alpha value is -2.48. The SMILES string of the molecule is CN(C)CCNc1cc2nc[nH]c(=O)c2cc1[N+](=O)[O-]. The number of anilines is 1. The highest BCUT2D eigenvalue weighted by molar-refractivity contribution is 5.86. The zero-order chi connectivity index (χ0) is 14.7. The minimum Gasteiger partial charge on any atom is -0.378 e. The highest BCUT2D eigenvalue weighted by Crippen LogP contribution is 2.27. The fourth-order valence-corrected chi connectivity index (χ4v) is 1.81. The van der Waals surface area contributed by atoms with Gasteiger partial charge in [0.25, 0.3) is 11.2 Å². The van der Waals surface area contributed by atoms with Gasteiger partial charge in [-0.2, -0.15) is 0 Å². The van der Waals surface area contributed by atoms with E-state index >= 15 is 0 Å². The number of nitro benzene ring substituents is 1. The van der Waals surface area contributed by atoms with Gasteiger partial charge in [0.1, 0.15) is 5.69 Å². The summed E-state index contributed by atoms with van der Waals surface area (Å²) >= 11 is 0. The molecule has 8 nitrogen and oxygen atoms in total. The third-order valence-corrected chi connectivity index (χ3v) is 2.83. The Balaban J connectivity index is 2.44. The van der Waals surface area contributed by atoms with Crippen molar-refractivity contribution in [3.63, 3.8) is 0 Å². The van der Waals surface area contributed by atoms with E-state index in [2.05, 4.69) is 15.3 Å². The van der Waals surface area contributed by atoms with Crippen LogP contribution in [0.3, 0.4) is 0 Å². The van der Waals surface area contributed by atoms with Crippen molar-refractivity contribution in [3.8, 4) is 0 Å². The molecule has 0 unspecified atom stereocenters. The number of H-pyrrole nitrogens is 1. The number of nitrogens with one attached hydrogen (secondary N) is 2. The van der Waals surface area contributed by atoms with E-state index in [1.54, 1.807) is 0 Å². The van der Waals surface area contributed by atoms with Crippen LogP contribution in [-0.2, 0) is 0 Å². The van der Waals surface area contributed by atoms with E-state index in [-0.39, 0.29) is 11.1 Å². The Morgan fingerprint density at radius 2 is 2.20 bits per heavy atom. The van der Waals surface area contributed by atoms with Crippen LogP contribution in [0.1, 0.15) is 0 Å². The monoisotopic (exact) mass is 277 g/mol. The molecule has 0 saturated carbocycles. The van der Waals surface area contributed by atoms with Gasteiger partial charge >= 0.3 is 0 Å². The first-order valence-electron chi connectivity index (χ1n) is 6.03. The molecule has 0 fully saturated rings. The van der Waals surface area contributed by atoms with Gasteiger partial charge in [0.2, 0.25) is 0 Å². The molecule has 20 heavy (non-hydrogen) atoms. The summed E-state index contributed by atoms with van der Waals surface area (Å²) in [4.78, 5) is 30.6. The number of hydrogen-bond acceptors (Lipinski definition) is 6. The third kappa shape index (κ3) is 2.91. The Morgan fingerprint density at radius 3 is 2.85 bits per heavy atom. The number of nitro groups is 1.